The molecule has 2 rings (SSSR count). The number of amides is 1. The first kappa shape index (κ1) is 15.5. The van der Waals surface area contributed by atoms with Crippen LogP contribution in [-0.4, -0.2) is 24.4 Å². The van der Waals surface area contributed by atoms with Gasteiger partial charge in [0, 0.05) is 6.04 Å². The zero-order valence-electron chi connectivity index (χ0n) is 12.2. The van der Waals surface area contributed by atoms with Crippen molar-refractivity contribution in [2.75, 3.05) is 18.9 Å². The Labute approximate surface area is 130 Å². The number of benzene rings is 2. The lowest BCUT2D eigenvalue weighted by Crippen LogP contribution is -2.32. The van der Waals surface area contributed by atoms with Gasteiger partial charge in [-0.25, -0.2) is 0 Å². The van der Waals surface area contributed by atoms with E-state index in [1.807, 2.05) is 42.3 Å². The van der Waals surface area contributed by atoms with Gasteiger partial charge in [0.1, 0.15) is 0 Å². The summed E-state index contributed by atoms with van der Waals surface area (Å²) in [4.78, 5) is 14.1. The highest BCUT2D eigenvalue weighted by Gasteiger charge is 2.15. The van der Waals surface area contributed by atoms with Gasteiger partial charge in [0.15, 0.2) is 0 Å². The van der Waals surface area contributed by atoms with Crippen molar-refractivity contribution >= 4 is 23.2 Å². The molecule has 0 bridgehead atoms. The molecule has 0 aliphatic carbocycles. The van der Waals surface area contributed by atoms with Crippen LogP contribution < -0.4 is 5.32 Å². The van der Waals surface area contributed by atoms with E-state index in [9.17, 15) is 4.79 Å². The quantitative estimate of drug-likeness (QED) is 0.906. The van der Waals surface area contributed by atoms with E-state index < -0.39 is 0 Å². The highest BCUT2D eigenvalue weighted by atomic mass is 35.5. The summed E-state index contributed by atoms with van der Waals surface area (Å²) in [6.07, 6.45) is 0. The monoisotopic (exact) mass is 302 g/mol. The zero-order chi connectivity index (χ0) is 15.2. The summed E-state index contributed by atoms with van der Waals surface area (Å²) in [5, 5.41) is 3.38. The number of carbonyl (C=O) groups excluding carboxylic acids is 1. The molecule has 0 spiro atoms. The standard InChI is InChI=1S/C17H19ClN2O/c1-13(14-8-4-3-5-9-14)20(2)12-17(21)19-16-11-7-6-10-15(16)18/h3-11,13H,12H2,1-2H3,(H,19,21)/t13-/m0/s1. The third kappa shape index (κ3) is 4.31. The molecule has 0 aliphatic rings. The van der Waals surface area contributed by atoms with Crippen molar-refractivity contribution in [3.05, 3.63) is 65.2 Å². The van der Waals surface area contributed by atoms with Gasteiger partial charge in [-0.05, 0) is 31.7 Å². The molecule has 3 nitrogen and oxygen atoms in total. The second-order valence-corrected chi connectivity index (χ2v) is 5.44. The van der Waals surface area contributed by atoms with Gasteiger partial charge in [-0.3, -0.25) is 9.69 Å². The second-order valence-electron chi connectivity index (χ2n) is 5.03. The molecular formula is C17H19ClN2O. The lowest BCUT2D eigenvalue weighted by molar-refractivity contribution is -0.117. The summed E-state index contributed by atoms with van der Waals surface area (Å²) < 4.78 is 0. The molecule has 21 heavy (non-hydrogen) atoms. The molecule has 110 valence electrons. The van der Waals surface area contributed by atoms with Gasteiger partial charge in [-0.2, -0.15) is 0 Å². The fourth-order valence-electron chi connectivity index (χ4n) is 2.10. The summed E-state index contributed by atoms with van der Waals surface area (Å²) in [5.41, 5.74) is 1.83. The molecule has 0 radical (unpaired) electrons. The number of carbonyl (C=O) groups is 1. The van der Waals surface area contributed by atoms with Crippen LogP contribution >= 0.6 is 11.6 Å². The van der Waals surface area contributed by atoms with Crippen molar-refractivity contribution in [3.63, 3.8) is 0 Å². The highest BCUT2D eigenvalue weighted by molar-refractivity contribution is 6.33. The first-order chi connectivity index (χ1) is 10.1. The lowest BCUT2D eigenvalue weighted by Gasteiger charge is -2.24. The maximum absolute atomic E-state index is 12.1. The fourth-order valence-corrected chi connectivity index (χ4v) is 2.28. The van der Waals surface area contributed by atoms with Gasteiger partial charge in [-0.15, -0.1) is 0 Å². The van der Waals surface area contributed by atoms with Crippen molar-refractivity contribution in [2.24, 2.45) is 0 Å². The minimum Gasteiger partial charge on any atom is -0.324 e. The second kappa shape index (κ2) is 7.25. The summed E-state index contributed by atoms with van der Waals surface area (Å²) >= 11 is 6.03. The predicted molar refractivity (Wildman–Crippen MR) is 87.6 cm³/mol. The summed E-state index contributed by atoms with van der Waals surface area (Å²) in [5.74, 6) is -0.0756. The Hall–Kier alpha value is -1.84. The molecule has 1 N–H and O–H groups in total. The Morgan fingerprint density at radius 3 is 2.43 bits per heavy atom. The molecule has 1 atom stereocenters. The maximum Gasteiger partial charge on any atom is 0.238 e. The molecule has 2 aromatic carbocycles. The van der Waals surface area contributed by atoms with Crippen LogP contribution in [0, 0.1) is 0 Å². The average Bonchev–Trinajstić information content (AvgIpc) is 2.49. The minimum atomic E-state index is -0.0756. The molecule has 0 heterocycles. The number of nitrogens with one attached hydrogen (secondary N) is 1. The molecule has 0 aromatic heterocycles. The summed E-state index contributed by atoms with van der Waals surface area (Å²) in [7, 11) is 1.93. The molecule has 0 unspecified atom stereocenters. The van der Waals surface area contributed by atoms with E-state index in [1.54, 1.807) is 12.1 Å². The van der Waals surface area contributed by atoms with Gasteiger partial charge in [0.05, 0.1) is 17.3 Å². The van der Waals surface area contributed by atoms with Gasteiger partial charge in [0.25, 0.3) is 0 Å². The Kier molecular flexibility index (Phi) is 5.37. The molecule has 2 aromatic rings. The van der Waals surface area contributed by atoms with Crippen LogP contribution in [0.1, 0.15) is 18.5 Å². The van der Waals surface area contributed by atoms with Crippen molar-refractivity contribution in [2.45, 2.75) is 13.0 Å². The Morgan fingerprint density at radius 1 is 1.14 bits per heavy atom. The molecule has 0 saturated carbocycles. The number of likely N-dealkylation sites (N-methyl/N-ethyl adjacent to an activating group) is 1. The fraction of sp³-hybridized carbons (Fsp3) is 0.235. The smallest absolute Gasteiger partial charge is 0.238 e. The Balaban J connectivity index is 1.95. The topological polar surface area (TPSA) is 32.3 Å². The van der Waals surface area contributed by atoms with E-state index in [0.29, 0.717) is 17.3 Å². The number of nitrogens with zero attached hydrogens (tertiary/aromatic N) is 1. The maximum atomic E-state index is 12.1. The lowest BCUT2D eigenvalue weighted by atomic mass is 10.1. The van der Waals surface area contributed by atoms with Gasteiger partial charge in [-0.1, -0.05) is 54.1 Å². The summed E-state index contributed by atoms with van der Waals surface area (Å²) in [6, 6.07) is 17.5. The number of rotatable bonds is 5. The SMILES string of the molecule is C[C@@H](c1ccccc1)N(C)CC(=O)Nc1ccccc1Cl. The van der Waals surface area contributed by atoms with Crippen molar-refractivity contribution in [3.8, 4) is 0 Å². The number of para-hydroxylation sites is 1. The van der Waals surface area contributed by atoms with Crippen LogP contribution in [0.4, 0.5) is 5.69 Å². The van der Waals surface area contributed by atoms with E-state index in [-0.39, 0.29) is 11.9 Å². The van der Waals surface area contributed by atoms with Crippen molar-refractivity contribution in [1.29, 1.82) is 0 Å². The number of hydrogen-bond acceptors (Lipinski definition) is 2. The third-order valence-electron chi connectivity index (χ3n) is 3.48. The van der Waals surface area contributed by atoms with E-state index in [4.69, 9.17) is 11.6 Å². The highest BCUT2D eigenvalue weighted by Crippen LogP contribution is 2.21. The number of halogens is 1. The van der Waals surface area contributed by atoms with Crippen LogP contribution in [0.2, 0.25) is 5.02 Å². The Morgan fingerprint density at radius 2 is 1.76 bits per heavy atom. The van der Waals surface area contributed by atoms with Crippen LogP contribution in [0.15, 0.2) is 54.6 Å². The van der Waals surface area contributed by atoms with Crippen molar-refractivity contribution < 1.29 is 4.79 Å². The first-order valence-electron chi connectivity index (χ1n) is 6.87. The third-order valence-corrected chi connectivity index (χ3v) is 3.81. The molecule has 0 fully saturated rings. The molecule has 4 heteroatoms. The number of anilines is 1. The van der Waals surface area contributed by atoms with Crippen LogP contribution in [0.25, 0.3) is 0 Å². The van der Waals surface area contributed by atoms with Crippen LogP contribution in [0.3, 0.4) is 0 Å². The van der Waals surface area contributed by atoms with E-state index >= 15 is 0 Å². The minimum absolute atomic E-state index is 0.0756. The van der Waals surface area contributed by atoms with Crippen LogP contribution in [-0.2, 0) is 4.79 Å². The molecule has 1 amide bonds. The normalized spacial score (nSPS) is 12.2. The molecule has 0 saturated heterocycles. The van der Waals surface area contributed by atoms with Gasteiger partial charge >= 0.3 is 0 Å². The largest absolute Gasteiger partial charge is 0.324 e. The zero-order valence-corrected chi connectivity index (χ0v) is 13.0. The molecular weight excluding hydrogens is 284 g/mol. The Bertz CT molecular complexity index is 601. The van der Waals surface area contributed by atoms with E-state index in [1.165, 1.54) is 5.56 Å². The first-order valence-corrected chi connectivity index (χ1v) is 7.25. The van der Waals surface area contributed by atoms with Gasteiger partial charge in [0.2, 0.25) is 5.91 Å². The van der Waals surface area contributed by atoms with E-state index in [2.05, 4.69) is 24.4 Å². The van der Waals surface area contributed by atoms with Crippen LogP contribution in [0.5, 0.6) is 0 Å². The molecule has 0 aliphatic heterocycles. The van der Waals surface area contributed by atoms with Crippen molar-refractivity contribution in [1.82, 2.24) is 4.90 Å². The van der Waals surface area contributed by atoms with E-state index in [0.717, 1.165) is 0 Å². The average molecular weight is 303 g/mol. The predicted octanol–water partition coefficient (Wildman–Crippen LogP) is 3.97. The van der Waals surface area contributed by atoms with Gasteiger partial charge < -0.3 is 5.32 Å². The summed E-state index contributed by atoms with van der Waals surface area (Å²) in [6.45, 7) is 2.39. The number of hydrogen-bond donors (Lipinski definition) is 1.